The molecule has 3 aromatic rings. The summed E-state index contributed by atoms with van der Waals surface area (Å²) < 4.78 is 11.0. The van der Waals surface area contributed by atoms with Crippen molar-refractivity contribution in [1.82, 2.24) is 20.2 Å². The number of tetrazole rings is 1. The molecule has 0 saturated carbocycles. The molecule has 0 saturated heterocycles. The van der Waals surface area contributed by atoms with E-state index in [9.17, 15) is 4.79 Å². The summed E-state index contributed by atoms with van der Waals surface area (Å²) in [6.07, 6.45) is 0. The number of hydrogen-bond donors (Lipinski definition) is 1. The number of hydrogen-bond acceptors (Lipinski definition) is 6. The summed E-state index contributed by atoms with van der Waals surface area (Å²) in [6, 6.07) is 12.7. The number of nitrogens with one attached hydrogen (secondary N) is 1. The number of carbonyl (C=O) groups excluding carboxylic acids is 1. The van der Waals surface area contributed by atoms with Gasteiger partial charge in [-0.3, -0.25) is 4.79 Å². The standard InChI is InChI=1S/C21H23N5O3/c1-13(2)15-4-6-16(7-5-15)20-23-25-26(24-20)14(3)21(27)22-17-8-9-18-19(12-17)29-11-10-28-18/h4-9,12-14H,10-11H2,1-3H3,(H,22,27)/t14-/m1/s1. The molecule has 2 heterocycles. The fraction of sp³-hybridized carbons (Fsp3) is 0.333. The van der Waals surface area contributed by atoms with Crippen LogP contribution in [0.5, 0.6) is 11.5 Å². The minimum absolute atomic E-state index is 0.249. The number of benzene rings is 2. The second kappa shape index (κ2) is 7.90. The summed E-state index contributed by atoms with van der Waals surface area (Å²) in [6.45, 7) is 7.03. The van der Waals surface area contributed by atoms with Gasteiger partial charge in [-0.15, -0.1) is 10.2 Å². The summed E-state index contributed by atoms with van der Waals surface area (Å²) in [5.41, 5.74) is 2.73. The fourth-order valence-corrected chi connectivity index (χ4v) is 2.99. The van der Waals surface area contributed by atoms with Gasteiger partial charge in [0.15, 0.2) is 11.5 Å². The monoisotopic (exact) mass is 393 g/mol. The Morgan fingerprint density at radius 3 is 2.48 bits per heavy atom. The molecule has 0 spiro atoms. The molecule has 8 heteroatoms. The predicted octanol–water partition coefficient (Wildman–Crippen LogP) is 3.43. The molecular formula is C21H23N5O3. The van der Waals surface area contributed by atoms with E-state index < -0.39 is 6.04 Å². The van der Waals surface area contributed by atoms with Crippen LogP contribution in [0.2, 0.25) is 0 Å². The Hall–Kier alpha value is -3.42. The number of aromatic nitrogens is 4. The Morgan fingerprint density at radius 2 is 1.76 bits per heavy atom. The Kier molecular flexibility index (Phi) is 5.16. The molecule has 1 aromatic heterocycles. The zero-order valence-corrected chi connectivity index (χ0v) is 16.6. The number of fused-ring (bicyclic) bond motifs is 1. The van der Waals surface area contributed by atoms with E-state index in [0.717, 1.165) is 5.56 Å². The molecule has 1 N–H and O–H groups in total. The normalized spacial score (nSPS) is 13.9. The molecule has 1 aliphatic heterocycles. The first-order valence-electron chi connectivity index (χ1n) is 9.61. The summed E-state index contributed by atoms with van der Waals surface area (Å²) in [7, 11) is 0. The molecular weight excluding hydrogens is 370 g/mol. The second-order valence-corrected chi connectivity index (χ2v) is 7.23. The lowest BCUT2D eigenvalue weighted by molar-refractivity contribution is -0.119. The number of nitrogens with zero attached hydrogens (tertiary/aromatic N) is 4. The van der Waals surface area contributed by atoms with Crippen LogP contribution in [0.4, 0.5) is 5.69 Å². The molecule has 1 atom stereocenters. The van der Waals surface area contributed by atoms with Crippen molar-refractivity contribution in [1.29, 1.82) is 0 Å². The molecule has 0 aliphatic carbocycles. The van der Waals surface area contributed by atoms with Gasteiger partial charge in [0.2, 0.25) is 5.82 Å². The lowest BCUT2D eigenvalue weighted by Crippen LogP contribution is -2.25. The van der Waals surface area contributed by atoms with E-state index in [0.29, 0.717) is 42.1 Å². The lowest BCUT2D eigenvalue weighted by Gasteiger charge is -2.19. The Morgan fingerprint density at radius 1 is 1.03 bits per heavy atom. The third kappa shape index (κ3) is 4.06. The zero-order valence-electron chi connectivity index (χ0n) is 16.6. The highest BCUT2D eigenvalue weighted by molar-refractivity contribution is 5.93. The molecule has 0 fully saturated rings. The van der Waals surface area contributed by atoms with Gasteiger partial charge in [-0.25, -0.2) is 0 Å². The molecule has 8 nitrogen and oxygen atoms in total. The van der Waals surface area contributed by atoms with Crippen LogP contribution in [0.25, 0.3) is 11.4 Å². The van der Waals surface area contributed by atoms with Crippen LogP contribution in [0.1, 0.15) is 38.3 Å². The number of ether oxygens (including phenoxy) is 2. The topological polar surface area (TPSA) is 91.2 Å². The van der Waals surface area contributed by atoms with Crippen LogP contribution >= 0.6 is 0 Å². The third-order valence-electron chi connectivity index (χ3n) is 4.80. The van der Waals surface area contributed by atoms with Crippen molar-refractivity contribution >= 4 is 11.6 Å². The minimum atomic E-state index is -0.626. The number of rotatable bonds is 5. The maximum Gasteiger partial charge on any atom is 0.250 e. The van der Waals surface area contributed by atoms with E-state index in [4.69, 9.17) is 9.47 Å². The van der Waals surface area contributed by atoms with Crippen molar-refractivity contribution in [3.63, 3.8) is 0 Å². The second-order valence-electron chi connectivity index (χ2n) is 7.23. The van der Waals surface area contributed by atoms with Crippen molar-refractivity contribution in [2.24, 2.45) is 0 Å². The molecule has 1 amide bonds. The van der Waals surface area contributed by atoms with Gasteiger partial charge in [-0.2, -0.15) is 4.80 Å². The first kappa shape index (κ1) is 18.9. The molecule has 0 radical (unpaired) electrons. The van der Waals surface area contributed by atoms with Gasteiger partial charge in [-0.1, -0.05) is 38.1 Å². The quantitative estimate of drug-likeness (QED) is 0.714. The summed E-state index contributed by atoms with van der Waals surface area (Å²) in [5.74, 6) is 1.98. The van der Waals surface area contributed by atoms with Crippen LogP contribution in [-0.4, -0.2) is 39.3 Å². The summed E-state index contributed by atoms with van der Waals surface area (Å²) >= 11 is 0. The molecule has 29 heavy (non-hydrogen) atoms. The van der Waals surface area contributed by atoms with Gasteiger partial charge in [0.1, 0.15) is 19.3 Å². The zero-order chi connectivity index (χ0) is 20.4. The van der Waals surface area contributed by atoms with Gasteiger partial charge in [0.25, 0.3) is 5.91 Å². The van der Waals surface area contributed by atoms with Crippen LogP contribution < -0.4 is 14.8 Å². The first-order chi connectivity index (χ1) is 14.0. The predicted molar refractivity (Wildman–Crippen MR) is 108 cm³/mol. The Labute approximate surface area is 168 Å². The highest BCUT2D eigenvalue weighted by Gasteiger charge is 2.20. The Balaban J connectivity index is 1.45. The van der Waals surface area contributed by atoms with Crippen LogP contribution in [0.3, 0.4) is 0 Å². The first-order valence-corrected chi connectivity index (χ1v) is 9.61. The molecule has 2 aromatic carbocycles. The van der Waals surface area contributed by atoms with Gasteiger partial charge >= 0.3 is 0 Å². The van der Waals surface area contributed by atoms with Crippen LogP contribution in [0.15, 0.2) is 42.5 Å². The molecule has 0 bridgehead atoms. The smallest absolute Gasteiger partial charge is 0.250 e. The summed E-state index contributed by atoms with van der Waals surface area (Å²) in [4.78, 5) is 14.0. The van der Waals surface area contributed by atoms with Crippen molar-refractivity contribution < 1.29 is 14.3 Å². The van der Waals surface area contributed by atoms with Crippen LogP contribution in [-0.2, 0) is 4.79 Å². The SMILES string of the molecule is CC(C)c1ccc(-c2nnn([C@H](C)C(=O)Nc3ccc4c(c3)OCCO4)n2)cc1. The molecule has 150 valence electrons. The number of anilines is 1. The van der Waals surface area contributed by atoms with E-state index in [-0.39, 0.29) is 5.91 Å². The highest BCUT2D eigenvalue weighted by Crippen LogP contribution is 2.32. The van der Waals surface area contributed by atoms with Crippen molar-refractivity contribution in [2.75, 3.05) is 18.5 Å². The van der Waals surface area contributed by atoms with E-state index in [1.54, 1.807) is 25.1 Å². The van der Waals surface area contributed by atoms with E-state index in [1.165, 1.54) is 10.4 Å². The number of amides is 1. The maximum absolute atomic E-state index is 12.6. The summed E-state index contributed by atoms with van der Waals surface area (Å²) in [5, 5.41) is 15.4. The molecule has 4 rings (SSSR count). The van der Waals surface area contributed by atoms with Crippen LogP contribution in [0, 0.1) is 0 Å². The van der Waals surface area contributed by atoms with Gasteiger partial charge in [0.05, 0.1) is 0 Å². The highest BCUT2D eigenvalue weighted by atomic mass is 16.6. The van der Waals surface area contributed by atoms with E-state index >= 15 is 0 Å². The van der Waals surface area contributed by atoms with Gasteiger partial charge < -0.3 is 14.8 Å². The van der Waals surface area contributed by atoms with Crippen molar-refractivity contribution in [3.05, 3.63) is 48.0 Å². The van der Waals surface area contributed by atoms with Crippen molar-refractivity contribution in [2.45, 2.75) is 32.7 Å². The fourth-order valence-electron chi connectivity index (χ4n) is 2.99. The third-order valence-corrected chi connectivity index (χ3v) is 4.80. The molecule has 0 unspecified atom stereocenters. The average molecular weight is 393 g/mol. The number of carbonyl (C=O) groups is 1. The van der Waals surface area contributed by atoms with Gasteiger partial charge in [-0.05, 0) is 35.8 Å². The largest absolute Gasteiger partial charge is 0.486 e. The minimum Gasteiger partial charge on any atom is -0.486 e. The lowest BCUT2D eigenvalue weighted by atomic mass is 10.0. The van der Waals surface area contributed by atoms with Gasteiger partial charge in [0, 0.05) is 17.3 Å². The average Bonchev–Trinajstić information content (AvgIpc) is 3.23. The van der Waals surface area contributed by atoms with Crippen molar-refractivity contribution in [3.8, 4) is 22.9 Å². The van der Waals surface area contributed by atoms with E-state index in [1.807, 2.05) is 12.1 Å². The maximum atomic E-state index is 12.6. The van der Waals surface area contributed by atoms with E-state index in [2.05, 4.69) is 46.7 Å². The Bertz CT molecular complexity index is 1010. The molecule has 1 aliphatic rings.